The van der Waals surface area contributed by atoms with Crippen LogP contribution in [0.2, 0.25) is 0 Å². The monoisotopic (exact) mass is 599 g/mol. The summed E-state index contributed by atoms with van der Waals surface area (Å²) in [6.45, 7) is 2.15. The van der Waals surface area contributed by atoms with E-state index < -0.39 is 7.92 Å². The van der Waals surface area contributed by atoms with Gasteiger partial charge in [0.2, 0.25) is 0 Å². The van der Waals surface area contributed by atoms with Crippen molar-refractivity contribution < 1.29 is 17.1 Å². The van der Waals surface area contributed by atoms with Gasteiger partial charge in [0.15, 0.2) is 0 Å². The molecular formula is C36H49FeP2. The zero-order valence-corrected chi connectivity index (χ0v) is 27.3. The summed E-state index contributed by atoms with van der Waals surface area (Å²) in [5, 5.41) is 4.38. The first-order chi connectivity index (χ1) is 18.4. The zero-order valence-electron chi connectivity index (χ0n) is 23.9. The molecule has 2 aromatic rings. The SMILES string of the molecule is C1=CCC=C1.C[CH]C1C=CC=C1P(c1ccccc1)c1ccccc1.P.[CH]1CCCCC1.[CH]1CCCCC1.[Fe]. The van der Waals surface area contributed by atoms with Crippen LogP contribution in [0.15, 0.2) is 109 Å². The number of rotatable bonds is 4. The maximum atomic E-state index is 2.39. The molecule has 3 heteroatoms. The van der Waals surface area contributed by atoms with Gasteiger partial charge in [-0.25, -0.2) is 0 Å². The van der Waals surface area contributed by atoms with Gasteiger partial charge in [0.1, 0.15) is 0 Å². The van der Waals surface area contributed by atoms with E-state index in [2.05, 4.69) is 129 Å². The molecule has 2 aromatic carbocycles. The van der Waals surface area contributed by atoms with Crippen molar-refractivity contribution in [3.63, 3.8) is 0 Å². The molecule has 0 spiro atoms. The van der Waals surface area contributed by atoms with Crippen LogP contribution >= 0.6 is 17.8 Å². The Morgan fingerprint density at radius 1 is 0.641 bits per heavy atom. The molecule has 0 aliphatic heterocycles. The van der Waals surface area contributed by atoms with E-state index in [9.17, 15) is 0 Å². The van der Waals surface area contributed by atoms with Crippen molar-refractivity contribution in [3.8, 4) is 0 Å². The fourth-order valence-corrected chi connectivity index (χ4v) is 7.38. The predicted octanol–water partition coefficient (Wildman–Crippen LogP) is 10.3. The first-order valence-corrected chi connectivity index (χ1v) is 15.8. The zero-order chi connectivity index (χ0) is 25.8. The van der Waals surface area contributed by atoms with E-state index in [1.807, 2.05) is 0 Å². The molecule has 2 unspecified atom stereocenters. The summed E-state index contributed by atoms with van der Waals surface area (Å²) in [7, 11) is -0.430. The van der Waals surface area contributed by atoms with Crippen molar-refractivity contribution >= 4 is 28.4 Å². The number of allylic oxidation sites excluding steroid dienone is 8. The molecule has 0 nitrogen and oxygen atoms in total. The van der Waals surface area contributed by atoms with Gasteiger partial charge < -0.3 is 0 Å². The van der Waals surface area contributed by atoms with Gasteiger partial charge >= 0.3 is 0 Å². The van der Waals surface area contributed by atoms with Crippen molar-refractivity contribution in [2.75, 3.05) is 0 Å². The molecule has 6 rings (SSSR count). The topological polar surface area (TPSA) is 0 Å². The van der Waals surface area contributed by atoms with Crippen LogP contribution in [0.25, 0.3) is 0 Å². The largest absolute Gasteiger partial charge is 0.153 e. The van der Waals surface area contributed by atoms with E-state index in [0.29, 0.717) is 5.92 Å². The molecule has 3 radical (unpaired) electrons. The molecule has 4 aliphatic carbocycles. The van der Waals surface area contributed by atoms with Crippen molar-refractivity contribution in [3.05, 3.63) is 128 Å². The van der Waals surface area contributed by atoms with Gasteiger partial charge in [-0.05, 0) is 49.5 Å². The molecule has 0 amide bonds. The van der Waals surface area contributed by atoms with Gasteiger partial charge in [-0.1, -0.05) is 174 Å². The Balaban J connectivity index is 0.000000325. The average molecular weight is 600 g/mol. The smallest absolute Gasteiger partial charge is 0.00603 e. The molecule has 2 saturated carbocycles. The molecule has 0 N–H and O–H groups in total. The fourth-order valence-electron chi connectivity index (χ4n) is 4.78. The average Bonchev–Trinajstić information content (AvgIpc) is 3.73. The van der Waals surface area contributed by atoms with Crippen molar-refractivity contribution in [1.82, 2.24) is 0 Å². The van der Waals surface area contributed by atoms with Crippen LogP contribution in [0.5, 0.6) is 0 Å². The van der Waals surface area contributed by atoms with E-state index in [1.165, 1.54) is 80.1 Å². The van der Waals surface area contributed by atoms with Crippen LogP contribution < -0.4 is 10.6 Å². The molecule has 2 atom stereocenters. The third-order valence-corrected chi connectivity index (χ3v) is 9.45. The van der Waals surface area contributed by atoms with Crippen LogP contribution in [0, 0.1) is 25.2 Å². The third-order valence-electron chi connectivity index (χ3n) is 6.86. The molecule has 0 aromatic heterocycles. The van der Waals surface area contributed by atoms with Crippen molar-refractivity contribution in [2.24, 2.45) is 5.92 Å². The minimum atomic E-state index is -0.430. The summed E-state index contributed by atoms with van der Waals surface area (Å²) in [5.41, 5.74) is 0. The van der Waals surface area contributed by atoms with Crippen molar-refractivity contribution in [2.45, 2.75) is 77.6 Å². The van der Waals surface area contributed by atoms with Crippen LogP contribution in [0.1, 0.15) is 77.6 Å². The Labute approximate surface area is 255 Å². The molecule has 0 heterocycles. The number of benzene rings is 2. The molecule has 4 aliphatic rings. The Hall–Kier alpha value is -1.22. The molecule has 211 valence electrons. The predicted molar refractivity (Wildman–Crippen MR) is 179 cm³/mol. The van der Waals surface area contributed by atoms with Crippen LogP contribution in [0.3, 0.4) is 0 Å². The number of hydrogen-bond acceptors (Lipinski definition) is 0. The van der Waals surface area contributed by atoms with Gasteiger partial charge in [-0.3, -0.25) is 0 Å². The first kappa shape index (κ1) is 35.8. The van der Waals surface area contributed by atoms with Gasteiger partial charge in [0.05, 0.1) is 0 Å². The quantitative estimate of drug-likeness (QED) is 0.242. The van der Waals surface area contributed by atoms with Crippen LogP contribution in [0.4, 0.5) is 0 Å². The minimum absolute atomic E-state index is 0. The standard InChI is InChI=1S/C19H18P.2C6H11.C5H6.Fe.H3P/c1-2-16-10-9-15-19(16)20(17-11-5-3-6-12-17)18-13-7-4-8-14-18;2*1-2-4-6-5-3-1;1-2-4-5-3-1;;/h2-16H,1H3;2*1H,2-6H2;1-4H,5H2;;1H3. The molecular weight excluding hydrogens is 550 g/mol. The van der Waals surface area contributed by atoms with Crippen LogP contribution in [-0.4, -0.2) is 0 Å². The van der Waals surface area contributed by atoms with Gasteiger partial charge in [0.25, 0.3) is 0 Å². The van der Waals surface area contributed by atoms with Gasteiger partial charge in [-0.15, -0.1) is 0 Å². The Morgan fingerprint density at radius 3 is 1.41 bits per heavy atom. The second kappa shape index (κ2) is 23.5. The molecule has 2 fully saturated rings. The molecule has 0 bridgehead atoms. The summed E-state index contributed by atoms with van der Waals surface area (Å²) < 4.78 is 0. The van der Waals surface area contributed by atoms with Gasteiger partial charge in [-0.2, -0.15) is 9.90 Å². The van der Waals surface area contributed by atoms with E-state index in [0.717, 1.165) is 6.42 Å². The first-order valence-electron chi connectivity index (χ1n) is 14.4. The van der Waals surface area contributed by atoms with Crippen molar-refractivity contribution in [1.29, 1.82) is 0 Å². The molecule has 0 saturated heterocycles. The normalized spacial score (nSPS) is 18.6. The van der Waals surface area contributed by atoms with E-state index in [-0.39, 0.29) is 27.0 Å². The van der Waals surface area contributed by atoms with E-state index in [4.69, 9.17) is 0 Å². The summed E-state index contributed by atoms with van der Waals surface area (Å²) in [6.07, 6.45) is 37.6. The minimum Gasteiger partial charge on any atom is -0.153 e. The Bertz CT molecular complexity index is 870. The van der Waals surface area contributed by atoms with E-state index >= 15 is 0 Å². The number of hydrogen-bond donors (Lipinski definition) is 0. The summed E-state index contributed by atoms with van der Waals surface area (Å²) in [4.78, 5) is 0. The Kier molecular flexibility index (Phi) is 21.6. The second-order valence-corrected chi connectivity index (χ2v) is 12.0. The maximum Gasteiger partial charge on any atom is 0.00603 e. The maximum absolute atomic E-state index is 2.39. The van der Waals surface area contributed by atoms with Crippen LogP contribution in [-0.2, 0) is 17.1 Å². The van der Waals surface area contributed by atoms with Gasteiger partial charge in [0, 0.05) is 23.0 Å². The Morgan fingerprint density at radius 2 is 1.10 bits per heavy atom. The summed E-state index contributed by atoms with van der Waals surface area (Å²) >= 11 is 0. The summed E-state index contributed by atoms with van der Waals surface area (Å²) in [5.74, 6) is 0.474. The second-order valence-electron chi connectivity index (χ2n) is 9.79. The fraction of sp³-hybridized carbons (Fsp3) is 0.361. The van der Waals surface area contributed by atoms with E-state index in [1.54, 1.807) is 0 Å². The summed E-state index contributed by atoms with van der Waals surface area (Å²) in [6, 6.07) is 21.8. The third kappa shape index (κ3) is 14.3. The molecule has 39 heavy (non-hydrogen) atoms.